The number of aryl methyl sites for hydroxylation is 1. The molecule has 13 heavy (non-hydrogen) atoms. The molecule has 0 saturated heterocycles. The van der Waals surface area contributed by atoms with Crippen LogP contribution in [0.25, 0.3) is 0 Å². The third-order valence-corrected chi connectivity index (χ3v) is 2.43. The summed E-state index contributed by atoms with van der Waals surface area (Å²) in [7, 11) is 0. The van der Waals surface area contributed by atoms with E-state index in [4.69, 9.17) is 5.11 Å². The number of nitrogens with zero attached hydrogens (tertiary/aromatic N) is 1. The van der Waals surface area contributed by atoms with Crippen LogP contribution in [0.5, 0.6) is 5.75 Å². The van der Waals surface area contributed by atoms with Gasteiger partial charge in [-0.3, -0.25) is 0 Å². The van der Waals surface area contributed by atoms with Gasteiger partial charge < -0.3 is 14.8 Å². The summed E-state index contributed by atoms with van der Waals surface area (Å²) in [6, 6.07) is 1.56. The lowest BCUT2D eigenvalue weighted by molar-refractivity contribution is 0.0680. The van der Waals surface area contributed by atoms with Crippen molar-refractivity contribution in [3.05, 3.63) is 17.5 Å². The van der Waals surface area contributed by atoms with Crippen molar-refractivity contribution in [2.75, 3.05) is 0 Å². The van der Waals surface area contributed by atoms with Crippen LogP contribution >= 0.6 is 0 Å². The maximum atomic E-state index is 10.8. The third kappa shape index (κ3) is 1.18. The summed E-state index contributed by atoms with van der Waals surface area (Å²) >= 11 is 0. The molecule has 1 aliphatic rings. The third-order valence-electron chi connectivity index (χ3n) is 2.43. The molecular weight excluding hydrogens is 170 g/mol. The minimum absolute atomic E-state index is 0.0368. The van der Waals surface area contributed by atoms with Gasteiger partial charge in [-0.15, -0.1) is 0 Å². The molecule has 0 atom stereocenters. The van der Waals surface area contributed by atoms with Gasteiger partial charge in [-0.25, -0.2) is 4.79 Å². The van der Waals surface area contributed by atoms with Crippen LogP contribution in [0.1, 0.15) is 29.0 Å². The molecule has 0 saturated carbocycles. The summed E-state index contributed by atoms with van der Waals surface area (Å²) in [4.78, 5) is 10.8. The number of carbonyl (C=O) groups is 1. The summed E-state index contributed by atoms with van der Waals surface area (Å²) in [6.45, 7) is 0.706. The Labute approximate surface area is 75.4 Å². The molecule has 1 aliphatic heterocycles. The number of aromatic hydroxyl groups is 1. The van der Waals surface area contributed by atoms with Crippen molar-refractivity contribution >= 4 is 5.97 Å². The molecule has 0 fully saturated rings. The maximum absolute atomic E-state index is 10.8. The van der Waals surface area contributed by atoms with E-state index >= 15 is 0 Å². The predicted molar refractivity (Wildman–Crippen MR) is 46.0 cm³/mol. The van der Waals surface area contributed by atoms with E-state index in [1.54, 1.807) is 10.6 Å². The fraction of sp³-hybridized carbons (Fsp3) is 0.444. The fourth-order valence-electron chi connectivity index (χ4n) is 1.85. The van der Waals surface area contributed by atoms with Gasteiger partial charge in [-0.1, -0.05) is 0 Å². The van der Waals surface area contributed by atoms with Crippen LogP contribution in [-0.4, -0.2) is 20.7 Å². The summed E-state index contributed by atoms with van der Waals surface area (Å²) in [5.74, 6) is -1.16. The van der Waals surface area contributed by atoms with E-state index in [1.165, 1.54) is 0 Å². The maximum Gasteiger partial charge on any atom is 0.356 e. The first-order valence-electron chi connectivity index (χ1n) is 4.35. The molecule has 1 aromatic rings. The van der Waals surface area contributed by atoms with Crippen LogP contribution in [0.3, 0.4) is 0 Å². The van der Waals surface area contributed by atoms with E-state index in [0.717, 1.165) is 25.0 Å². The van der Waals surface area contributed by atoms with Crippen LogP contribution in [0, 0.1) is 0 Å². The van der Waals surface area contributed by atoms with Crippen molar-refractivity contribution in [3.8, 4) is 5.75 Å². The quantitative estimate of drug-likeness (QED) is 0.684. The summed E-state index contributed by atoms with van der Waals surface area (Å²) in [6.07, 6.45) is 2.92. The molecule has 2 rings (SSSR count). The van der Waals surface area contributed by atoms with Gasteiger partial charge in [0.15, 0.2) is 5.69 Å². The minimum Gasteiger partial charge on any atom is -0.505 e. The number of fused-ring (bicyclic) bond motifs is 1. The van der Waals surface area contributed by atoms with Crippen LogP contribution < -0.4 is 0 Å². The Hall–Kier alpha value is -1.45. The molecule has 0 aliphatic carbocycles. The molecule has 0 amide bonds. The summed E-state index contributed by atoms with van der Waals surface area (Å²) in [5, 5.41) is 18.2. The zero-order valence-corrected chi connectivity index (χ0v) is 7.16. The number of rotatable bonds is 1. The first-order valence-corrected chi connectivity index (χ1v) is 4.35. The topological polar surface area (TPSA) is 62.5 Å². The number of aromatic nitrogens is 1. The SMILES string of the molecule is O=C(O)c1c(O)cc2n1CCCC2. The predicted octanol–water partition coefficient (Wildman–Crippen LogP) is 1.23. The van der Waals surface area contributed by atoms with Crippen LogP contribution in [-0.2, 0) is 13.0 Å². The second kappa shape index (κ2) is 2.80. The highest BCUT2D eigenvalue weighted by Crippen LogP contribution is 2.27. The number of hydrogen-bond acceptors (Lipinski definition) is 2. The molecule has 2 heterocycles. The highest BCUT2D eigenvalue weighted by atomic mass is 16.4. The first-order chi connectivity index (χ1) is 6.20. The monoisotopic (exact) mass is 181 g/mol. The van der Waals surface area contributed by atoms with E-state index in [1.807, 2.05) is 0 Å². The molecular formula is C9H11NO3. The smallest absolute Gasteiger partial charge is 0.356 e. The lowest BCUT2D eigenvalue weighted by Gasteiger charge is -2.15. The van der Waals surface area contributed by atoms with E-state index in [0.29, 0.717) is 6.54 Å². The van der Waals surface area contributed by atoms with E-state index < -0.39 is 5.97 Å². The number of carboxylic acid groups (broad SMARTS) is 1. The molecule has 2 N–H and O–H groups in total. The lowest BCUT2D eigenvalue weighted by atomic mass is 10.1. The Kier molecular flexibility index (Phi) is 1.76. The molecule has 0 spiro atoms. The Morgan fingerprint density at radius 1 is 1.46 bits per heavy atom. The standard InChI is InChI=1S/C9H11NO3/c11-7-5-6-3-1-2-4-10(6)8(7)9(12)13/h5,11H,1-4H2,(H,12,13). The van der Waals surface area contributed by atoms with Gasteiger partial charge in [0.25, 0.3) is 0 Å². The number of hydrogen-bond donors (Lipinski definition) is 2. The van der Waals surface area contributed by atoms with E-state index in [-0.39, 0.29) is 11.4 Å². The summed E-state index contributed by atoms with van der Waals surface area (Å²) < 4.78 is 1.70. The van der Waals surface area contributed by atoms with Gasteiger partial charge in [0, 0.05) is 18.3 Å². The van der Waals surface area contributed by atoms with Crippen molar-refractivity contribution in [3.63, 3.8) is 0 Å². The van der Waals surface area contributed by atoms with Gasteiger partial charge in [0.05, 0.1) is 0 Å². The second-order valence-electron chi connectivity index (χ2n) is 3.28. The molecule has 0 bridgehead atoms. The van der Waals surface area contributed by atoms with Gasteiger partial charge in [-0.05, 0) is 19.3 Å². The zero-order chi connectivity index (χ0) is 9.42. The molecule has 4 heteroatoms. The van der Waals surface area contributed by atoms with Crippen molar-refractivity contribution in [2.45, 2.75) is 25.8 Å². The summed E-state index contributed by atoms with van der Waals surface area (Å²) in [5.41, 5.74) is 0.968. The van der Waals surface area contributed by atoms with Gasteiger partial charge in [0.2, 0.25) is 0 Å². The van der Waals surface area contributed by atoms with Crippen LogP contribution in [0.2, 0.25) is 0 Å². The first kappa shape index (κ1) is 8.16. The Morgan fingerprint density at radius 3 is 2.92 bits per heavy atom. The molecule has 0 unspecified atom stereocenters. The largest absolute Gasteiger partial charge is 0.505 e. The Balaban J connectivity index is 2.54. The van der Waals surface area contributed by atoms with Gasteiger partial charge in [-0.2, -0.15) is 0 Å². The van der Waals surface area contributed by atoms with Crippen molar-refractivity contribution in [2.24, 2.45) is 0 Å². The normalized spacial score (nSPS) is 15.4. The average molecular weight is 181 g/mol. The fourth-order valence-corrected chi connectivity index (χ4v) is 1.85. The highest BCUT2D eigenvalue weighted by Gasteiger charge is 2.21. The molecule has 0 aromatic carbocycles. The Morgan fingerprint density at radius 2 is 2.23 bits per heavy atom. The minimum atomic E-state index is -1.05. The molecule has 70 valence electrons. The lowest BCUT2D eigenvalue weighted by Crippen LogP contribution is -2.15. The molecule has 0 radical (unpaired) electrons. The van der Waals surface area contributed by atoms with Gasteiger partial charge in [0.1, 0.15) is 5.75 Å². The van der Waals surface area contributed by atoms with Crippen LogP contribution in [0.15, 0.2) is 6.07 Å². The zero-order valence-electron chi connectivity index (χ0n) is 7.16. The van der Waals surface area contributed by atoms with E-state index in [2.05, 4.69) is 0 Å². The van der Waals surface area contributed by atoms with Crippen molar-refractivity contribution in [1.29, 1.82) is 0 Å². The average Bonchev–Trinajstić information content (AvgIpc) is 2.39. The van der Waals surface area contributed by atoms with Gasteiger partial charge >= 0.3 is 5.97 Å². The van der Waals surface area contributed by atoms with E-state index in [9.17, 15) is 9.90 Å². The Bertz CT molecular complexity index is 354. The molecule has 4 nitrogen and oxygen atoms in total. The number of aromatic carboxylic acids is 1. The van der Waals surface area contributed by atoms with Crippen molar-refractivity contribution < 1.29 is 15.0 Å². The highest BCUT2D eigenvalue weighted by molar-refractivity contribution is 5.89. The van der Waals surface area contributed by atoms with Crippen LogP contribution in [0.4, 0.5) is 0 Å². The second-order valence-corrected chi connectivity index (χ2v) is 3.28. The van der Waals surface area contributed by atoms with Crippen molar-refractivity contribution in [1.82, 2.24) is 4.57 Å². The number of carboxylic acids is 1. The molecule has 1 aromatic heterocycles.